The van der Waals surface area contributed by atoms with E-state index in [9.17, 15) is 14.3 Å². The van der Waals surface area contributed by atoms with Crippen molar-refractivity contribution in [1.29, 1.82) is 5.26 Å². The molecule has 2 aromatic rings. The Balaban J connectivity index is 2.02. The van der Waals surface area contributed by atoms with E-state index in [1.807, 2.05) is 32.9 Å². The number of nitriles is 1. The number of halogens is 1. The molecule has 0 saturated carbocycles. The van der Waals surface area contributed by atoms with Gasteiger partial charge < -0.3 is 9.84 Å². The summed E-state index contributed by atoms with van der Waals surface area (Å²) in [6, 6.07) is 11.0. The van der Waals surface area contributed by atoms with Crippen molar-refractivity contribution >= 4 is 11.4 Å². The average molecular weight is 379 g/mol. The van der Waals surface area contributed by atoms with E-state index in [1.54, 1.807) is 12.1 Å². The maximum atomic E-state index is 14.2. The summed E-state index contributed by atoms with van der Waals surface area (Å²) in [5.41, 5.74) is 1.77. The fourth-order valence-electron chi connectivity index (χ4n) is 3.53. The molecule has 0 bridgehead atoms. The number of hydrogen-bond donors (Lipinski definition) is 1. The number of aliphatic hydroxyl groups is 1. The van der Waals surface area contributed by atoms with Gasteiger partial charge in [-0.15, -0.1) is 0 Å². The van der Waals surface area contributed by atoms with Crippen LogP contribution in [-0.4, -0.2) is 10.9 Å². The zero-order chi connectivity index (χ0) is 20.5. The van der Waals surface area contributed by atoms with E-state index in [1.165, 1.54) is 12.1 Å². The molecule has 0 unspecified atom stereocenters. The van der Waals surface area contributed by atoms with Gasteiger partial charge in [0.2, 0.25) is 0 Å². The number of benzene rings is 2. The second-order valence-corrected chi connectivity index (χ2v) is 7.79. The van der Waals surface area contributed by atoms with Gasteiger partial charge in [-0.25, -0.2) is 4.39 Å². The van der Waals surface area contributed by atoms with E-state index >= 15 is 0 Å². The Bertz CT molecular complexity index is 1010. The van der Waals surface area contributed by atoms with Crippen LogP contribution >= 0.6 is 0 Å². The van der Waals surface area contributed by atoms with Crippen LogP contribution in [0.5, 0.6) is 11.5 Å². The lowest BCUT2D eigenvalue weighted by Gasteiger charge is -2.30. The number of allylic oxidation sites excluding steroid dienone is 2. The van der Waals surface area contributed by atoms with Crippen LogP contribution in [0.1, 0.15) is 50.3 Å². The number of ketones is 1. The van der Waals surface area contributed by atoms with Gasteiger partial charge in [0, 0.05) is 12.8 Å². The first-order chi connectivity index (χ1) is 13.2. The summed E-state index contributed by atoms with van der Waals surface area (Å²) in [6.07, 6.45) is 1.45. The first-order valence-corrected chi connectivity index (χ1v) is 9.20. The second-order valence-electron chi connectivity index (χ2n) is 7.79. The minimum atomic E-state index is -0.641. The summed E-state index contributed by atoms with van der Waals surface area (Å²) in [4.78, 5) is 12.7. The molecule has 1 aliphatic rings. The first-order valence-electron chi connectivity index (χ1n) is 9.20. The molecule has 28 heavy (non-hydrogen) atoms. The standard InChI is InChI=1S/C23H22FNO3/c1-4-15-6-7-16(28-21-8-5-14(13-25)9-18(21)24)10-17(15)22-19(26)11-23(2,3)12-20(22)27/h5-10,26H,4,11-12H2,1-3H3. The van der Waals surface area contributed by atoms with E-state index in [0.29, 0.717) is 36.1 Å². The predicted octanol–water partition coefficient (Wildman–Crippen LogP) is 5.71. The first kappa shape index (κ1) is 19.6. The van der Waals surface area contributed by atoms with E-state index in [0.717, 1.165) is 11.6 Å². The van der Waals surface area contributed by atoms with Crippen LogP contribution in [0.2, 0.25) is 0 Å². The van der Waals surface area contributed by atoms with Crippen molar-refractivity contribution in [2.75, 3.05) is 0 Å². The van der Waals surface area contributed by atoms with Crippen LogP contribution in [0.4, 0.5) is 4.39 Å². The van der Waals surface area contributed by atoms with Gasteiger partial charge in [0.25, 0.3) is 0 Å². The fraction of sp³-hybridized carbons (Fsp3) is 0.304. The molecule has 0 atom stereocenters. The highest BCUT2D eigenvalue weighted by Gasteiger charge is 2.34. The van der Waals surface area contributed by atoms with Gasteiger partial charge in [0.15, 0.2) is 17.3 Å². The number of aryl methyl sites for hydroxylation is 1. The number of hydrogen-bond acceptors (Lipinski definition) is 4. The number of carbonyl (C=O) groups is 1. The number of carbonyl (C=O) groups excluding carboxylic acids is 1. The number of aliphatic hydroxyl groups excluding tert-OH is 1. The molecular weight excluding hydrogens is 357 g/mol. The van der Waals surface area contributed by atoms with Gasteiger partial charge in [-0.1, -0.05) is 26.8 Å². The normalized spacial score (nSPS) is 16.0. The topological polar surface area (TPSA) is 70.3 Å². The smallest absolute Gasteiger partial charge is 0.167 e. The number of Topliss-reactive ketones (excluding diaryl/α,β-unsaturated/α-hetero) is 1. The highest BCUT2D eigenvalue weighted by molar-refractivity contribution is 6.22. The Hall–Kier alpha value is -3.13. The van der Waals surface area contributed by atoms with Gasteiger partial charge >= 0.3 is 0 Å². The number of ether oxygens (including phenoxy) is 1. The molecule has 5 heteroatoms. The third-order valence-corrected chi connectivity index (χ3v) is 4.87. The average Bonchev–Trinajstić information content (AvgIpc) is 2.62. The fourth-order valence-corrected chi connectivity index (χ4v) is 3.53. The Morgan fingerprint density at radius 1 is 1.21 bits per heavy atom. The van der Waals surface area contributed by atoms with Crippen molar-refractivity contribution in [3.63, 3.8) is 0 Å². The molecule has 0 aliphatic heterocycles. The van der Waals surface area contributed by atoms with Gasteiger partial charge in [-0.3, -0.25) is 4.79 Å². The van der Waals surface area contributed by atoms with Gasteiger partial charge in [-0.05, 0) is 53.3 Å². The minimum Gasteiger partial charge on any atom is -0.512 e. The highest BCUT2D eigenvalue weighted by atomic mass is 19.1. The predicted molar refractivity (Wildman–Crippen MR) is 105 cm³/mol. The van der Waals surface area contributed by atoms with Gasteiger partial charge in [0.1, 0.15) is 11.5 Å². The third kappa shape index (κ3) is 3.91. The molecular formula is C23H22FNO3. The monoisotopic (exact) mass is 379 g/mol. The van der Waals surface area contributed by atoms with Crippen molar-refractivity contribution in [2.24, 2.45) is 5.41 Å². The molecule has 3 rings (SSSR count). The highest BCUT2D eigenvalue weighted by Crippen LogP contribution is 2.41. The molecule has 0 aromatic heterocycles. The van der Waals surface area contributed by atoms with Crippen molar-refractivity contribution in [1.82, 2.24) is 0 Å². The Labute approximate surface area is 163 Å². The van der Waals surface area contributed by atoms with Crippen molar-refractivity contribution in [3.8, 4) is 17.6 Å². The maximum absolute atomic E-state index is 14.2. The zero-order valence-corrected chi connectivity index (χ0v) is 16.2. The van der Waals surface area contributed by atoms with E-state index in [4.69, 9.17) is 10.00 Å². The third-order valence-electron chi connectivity index (χ3n) is 4.87. The lowest BCUT2D eigenvalue weighted by atomic mass is 9.74. The summed E-state index contributed by atoms with van der Waals surface area (Å²) < 4.78 is 19.8. The Morgan fingerprint density at radius 2 is 1.96 bits per heavy atom. The SMILES string of the molecule is CCc1ccc(Oc2ccc(C#N)cc2F)cc1C1=C(O)CC(C)(C)CC1=O. The van der Waals surface area contributed by atoms with Crippen LogP contribution in [0, 0.1) is 22.6 Å². The molecule has 0 radical (unpaired) electrons. The summed E-state index contributed by atoms with van der Waals surface area (Å²) >= 11 is 0. The largest absolute Gasteiger partial charge is 0.512 e. The maximum Gasteiger partial charge on any atom is 0.167 e. The number of nitrogens with zero attached hydrogens (tertiary/aromatic N) is 1. The second kappa shape index (κ2) is 7.47. The van der Waals surface area contributed by atoms with E-state index in [-0.39, 0.29) is 28.3 Å². The van der Waals surface area contributed by atoms with Crippen LogP contribution in [-0.2, 0) is 11.2 Å². The summed E-state index contributed by atoms with van der Waals surface area (Å²) in [6.45, 7) is 5.87. The molecule has 0 amide bonds. The van der Waals surface area contributed by atoms with Crippen LogP contribution < -0.4 is 4.74 Å². The zero-order valence-electron chi connectivity index (χ0n) is 16.2. The molecule has 0 saturated heterocycles. The van der Waals surface area contributed by atoms with Gasteiger partial charge in [-0.2, -0.15) is 5.26 Å². The number of rotatable bonds is 4. The quantitative estimate of drug-likeness (QED) is 0.738. The lowest BCUT2D eigenvalue weighted by Crippen LogP contribution is -2.25. The van der Waals surface area contributed by atoms with Crippen molar-refractivity contribution in [3.05, 3.63) is 64.7 Å². The molecule has 1 N–H and O–H groups in total. The molecule has 144 valence electrons. The van der Waals surface area contributed by atoms with Crippen LogP contribution in [0.15, 0.2) is 42.2 Å². The summed E-state index contributed by atoms with van der Waals surface area (Å²) in [5.74, 6) is -0.322. The Kier molecular flexibility index (Phi) is 5.24. The van der Waals surface area contributed by atoms with E-state index in [2.05, 4.69) is 0 Å². The molecule has 0 spiro atoms. The molecule has 0 fully saturated rings. The summed E-state index contributed by atoms with van der Waals surface area (Å²) in [5, 5.41) is 19.4. The Morgan fingerprint density at radius 3 is 2.57 bits per heavy atom. The minimum absolute atomic E-state index is 0.0106. The molecule has 1 aliphatic carbocycles. The van der Waals surface area contributed by atoms with Crippen molar-refractivity contribution in [2.45, 2.75) is 40.0 Å². The van der Waals surface area contributed by atoms with Gasteiger partial charge in [0.05, 0.1) is 17.2 Å². The molecule has 0 heterocycles. The summed E-state index contributed by atoms with van der Waals surface area (Å²) in [7, 11) is 0. The molecule has 2 aromatic carbocycles. The van der Waals surface area contributed by atoms with E-state index < -0.39 is 5.82 Å². The van der Waals surface area contributed by atoms with Crippen LogP contribution in [0.3, 0.4) is 0 Å². The van der Waals surface area contributed by atoms with Crippen LogP contribution in [0.25, 0.3) is 5.57 Å². The lowest BCUT2D eigenvalue weighted by molar-refractivity contribution is -0.116. The molecule has 4 nitrogen and oxygen atoms in total. The van der Waals surface area contributed by atoms with Crippen molar-refractivity contribution < 1.29 is 19.0 Å².